The Morgan fingerprint density at radius 2 is 0.714 bits per heavy atom. The maximum absolute atomic E-state index is 9.38. The van der Waals surface area contributed by atoms with Crippen molar-refractivity contribution in [1.29, 1.82) is 0 Å². The molecule has 13 heteroatoms. The van der Waals surface area contributed by atoms with E-state index in [-0.39, 0.29) is 5.75 Å². The van der Waals surface area contributed by atoms with Gasteiger partial charge in [0.25, 0.3) is 0 Å². The molecule has 0 amide bonds. The van der Waals surface area contributed by atoms with Gasteiger partial charge in [0.05, 0.1) is 0 Å². The highest BCUT2D eigenvalue weighted by molar-refractivity contribution is 6.40. The van der Waals surface area contributed by atoms with E-state index in [9.17, 15) is 5.11 Å². The van der Waals surface area contributed by atoms with Gasteiger partial charge < -0.3 is 39.4 Å². The lowest BCUT2D eigenvalue weighted by molar-refractivity contribution is 0.311. The Balaban J connectivity index is 0.000000265. The highest BCUT2D eigenvalue weighted by atomic mass is 27.3. The number of nitrogens with two attached hydrogens (primary N) is 4. The van der Waals surface area contributed by atoms with E-state index in [0.29, 0.717) is 62.1 Å². The molecule has 0 unspecified atom stereocenters. The Labute approximate surface area is 284 Å². The van der Waals surface area contributed by atoms with Crippen LogP contribution in [0.1, 0.15) is 0 Å². The average Bonchev–Trinajstić information content (AvgIpc) is 3.14. The summed E-state index contributed by atoms with van der Waals surface area (Å²) in [6.07, 6.45) is 6.67. The van der Waals surface area contributed by atoms with E-state index in [1.165, 1.54) is 0 Å². The lowest BCUT2D eigenvalue weighted by atomic mass is 10.2. The molecule has 0 aliphatic heterocycles. The van der Waals surface area contributed by atoms with E-state index in [2.05, 4.69) is 19.9 Å². The van der Waals surface area contributed by atoms with E-state index >= 15 is 0 Å². The molecule has 0 aliphatic carbocycles. The number of benzene rings is 4. The van der Waals surface area contributed by atoms with Crippen LogP contribution in [0.25, 0.3) is 43.6 Å². The molecule has 0 radical (unpaired) electrons. The summed E-state index contributed by atoms with van der Waals surface area (Å²) in [5.74, 6) is 1.63. The van der Waals surface area contributed by atoms with Crippen LogP contribution in [0.4, 0.5) is 22.7 Å². The van der Waals surface area contributed by atoms with Crippen molar-refractivity contribution >= 4 is 81.5 Å². The molecule has 4 aromatic heterocycles. The normalized spacial score (nSPS) is 10.9. The highest BCUT2D eigenvalue weighted by Crippen LogP contribution is 2.34. The van der Waals surface area contributed by atoms with Gasteiger partial charge in [-0.25, -0.2) is 0 Å². The van der Waals surface area contributed by atoms with E-state index in [0.717, 1.165) is 21.5 Å². The van der Waals surface area contributed by atoms with Crippen LogP contribution >= 0.6 is 0 Å². The lowest BCUT2D eigenvalue weighted by Crippen LogP contribution is -2.37. The van der Waals surface area contributed by atoms with Gasteiger partial charge in [-0.05, 0) is 97.1 Å². The predicted molar refractivity (Wildman–Crippen MR) is 194 cm³/mol. The minimum absolute atomic E-state index is 0.166. The standard InChI is InChI=1S/4C9H8N2O.Al/c4*10-7-3-4-8(12)9-6(7)2-1-5-11-9;/h4*1-5,12H,10H2;/q;;;;+3/p-3. The molecule has 0 saturated heterocycles. The smallest absolute Gasteiger partial charge is 0.576 e. The average molecular weight is 665 g/mol. The molecule has 12 nitrogen and oxygen atoms in total. The summed E-state index contributed by atoms with van der Waals surface area (Å²) in [4.78, 5) is 17.5. The maximum Gasteiger partial charge on any atom is 1.20 e. The molecule has 0 atom stereocenters. The van der Waals surface area contributed by atoms with Crippen LogP contribution in [0.15, 0.2) is 122 Å². The fraction of sp³-hybridized carbons (Fsp3) is 0. The number of hydrogen-bond acceptors (Lipinski definition) is 12. The Morgan fingerprint density at radius 1 is 0.408 bits per heavy atom. The van der Waals surface area contributed by atoms with E-state index in [4.69, 9.17) is 34.3 Å². The Kier molecular flexibility index (Phi) is 8.43. The van der Waals surface area contributed by atoms with Gasteiger partial charge in [-0.15, -0.1) is 0 Å². The molecule has 0 bridgehead atoms. The molecule has 0 aliphatic rings. The third kappa shape index (κ3) is 6.27. The second-order valence-corrected chi connectivity index (χ2v) is 12.2. The van der Waals surface area contributed by atoms with Crippen LogP contribution in [-0.4, -0.2) is 40.2 Å². The number of fused-ring (bicyclic) bond motifs is 4. The summed E-state index contributed by atoms with van der Waals surface area (Å²) in [6, 6.07) is 28.5. The van der Waals surface area contributed by atoms with Crippen LogP contribution < -0.4 is 34.3 Å². The molecule has 0 spiro atoms. The number of rotatable bonds is 6. The fourth-order valence-corrected chi connectivity index (χ4v) is 6.69. The molecule has 49 heavy (non-hydrogen) atoms. The van der Waals surface area contributed by atoms with E-state index in [1.807, 2.05) is 42.5 Å². The van der Waals surface area contributed by atoms with Crippen LogP contribution in [0, 0.1) is 0 Å². The zero-order valence-electron chi connectivity index (χ0n) is 25.9. The Bertz CT molecular complexity index is 2230. The monoisotopic (exact) mass is 664 g/mol. The van der Waals surface area contributed by atoms with Crippen molar-refractivity contribution in [2.75, 3.05) is 22.9 Å². The third-order valence-corrected chi connectivity index (χ3v) is 9.09. The number of aromatic hydroxyl groups is 1. The fourth-order valence-electron chi connectivity index (χ4n) is 5.35. The Hall–Kier alpha value is -6.55. The zero-order chi connectivity index (χ0) is 33.9. The summed E-state index contributed by atoms with van der Waals surface area (Å²) < 4.78 is 19.2. The van der Waals surface area contributed by atoms with Crippen molar-refractivity contribution in [3.63, 3.8) is 0 Å². The van der Waals surface area contributed by atoms with Crippen molar-refractivity contribution in [2.45, 2.75) is 0 Å². The number of phenols is 1. The minimum atomic E-state index is -3.03. The van der Waals surface area contributed by atoms with Crippen LogP contribution in [0.3, 0.4) is 0 Å². The second-order valence-electron chi connectivity index (χ2n) is 10.9. The SMILES string of the molecule is Nc1ccc(O)c2ncccc12.Nc1ccc([O][Al]([O]c2ccc(N)c3cccnc23)[O]c2ccc(N)c3cccnc23)c2ncccc12. The quantitative estimate of drug-likeness (QED) is 0.0775. The van der Waals surface area contributed by atoms with Gasteiger partial charge in [-0.3, -0.25) is 19.9 Å². The largest absolute Gasteiger partial charge is 1.20 e. The first-order chi connectivity index (χ1) is 23.9. The number of phenolic OH excluding ortho intramolecular Hbond substituents is 1. The maximum atomic E-state index is 9.38. The van der Waals surface area contributed by atoms with Crippen molar-refractivity contribution in [1.82, 2.24) is 19.9 Å². The third-order valence-electron chi connectivity index (χ3n) is 7.75. The predicted octanol–water partition coefficient (Wildman–Crippen LogP) is 6.12. The van der Waals surface area contributed by atoms with Gasteiger partial charge in [-0.1, -0.05) is 0 Å². The highest BCUT2D eigenvalue weighted by Gasteiger charge is 2.46. The summed E-state index contributed by atoms with van der Waals surface area (Å²) in [6.45, 7) is 0. The van der Waals surface area contributed by atoms with E-state index in [1.54, 1.807) is 79.4 Å². The van der Waals surface area contributed by atoms with Crippen LogP contribution in [0.2, 0.25) is 0 Å². The molecular weight excluding hydrogens is 635 g/mol. The van der Waals surface area contributed by atoms with Crippen molar-refractivity contribution in [2.24, 2.45) is 0 Å². The van der Waals surface area contributed by atoms with E-state index < -0.39 is 15.1 Å². The first-order valence-corrected chi connectivity index (χ1v) is 16.5. The van der Waals surface area contributed by atoms with Gasteiger partial charge in [0.1, 0.15) is 45.1 Å². The molecular formula is C36H29AlN8O4. The van der Waals surface area contributed by atoms with Crippen molar-refractivity contribution < 1.29 is 16.5 Å². The van der Waals surface area contributed by atoms with Gasteiger partial charge in [-0.2, -0.15) is 0 Å². The summed E-state index contributed by atoms with van der Waals surface area (Å²) >= 11 is -3.03. The van der Waals surface area contributed by atoms with Crippen molar-refractivity contribution in [3.8, 4) is 23.0 Å². The van der Waals surface area contributed by atoms with Gasteiger partial charge in [0.15, 0.2) is 0 Å². The first-order valence-electron chi connectivity index (χ1n) is 15.1. The van der Waals surface area contributed by atoms with Crippen LogP contribution in [-0.2, 0) is 0 Å². The Morgan fingerprint density at radius 3 is 1.06 bits per heavy atom. The number of hydrogen-bond donors (Lipinski definition) is 5. The van der Waals surface area contributed by atoms with Gasteiger partial charge in [0.2, 0.25) is 0 Å². The molecule has 0 saturated carbocycles. The number of aromatic nitrogens is 4. The molecule has 240 valence electrons. The van der Waals surface area contributed by atoms with Crippen LogP contribution in [0.5, 0.6) is 23.0 Å². The van der Waals surface area contributed by atoms with Gasteiger partial charge in [0, 0.05) is 69.1 Å². The minimum Gasteiger partial charge on any atom is -0.576 e. The number of nitrogen functional groups attached to an aromatic ring is 4. The second kappa shape index (κ2) is 13.3. The van der Waals surface area contributed by atoms with Crippen molar-refractivity contribution in [3.05, 3.63) is 122 Å². The first kappa shape index (κ1) is 31.1. The molecule has 8 rings (SSSR count). The zero-order valence-corrected chi connectivity index (χ0v) is 27.0. The topological polar surface area (TPSA) is 204 Å². The number of pyridine rings is 4. The lowest BCUT2D eigenvalue weighted by Gasteiger charge is -2.19. The molecule has 4 aromatic carbocycles. The molecule has 4 heterocycles. The molecule has 9 N–H and O–H groups in total. The summed E-state index contributed by atoms with van der Waals surface area (Å²) in [5, 5.41) is 12.5. The number of nitrogens with zero attached hydrogens (tertiary/aromatic N) is 4. The molecule has 8 aromatic rings. The number of anilines is 4. The summed E-state index contributed by atoms with van der Waals surface area (Å²) in [7, 11) is 0. The summed E-state index contributed by atoms with van der Waals surface area (Å²) in [5.41, 5.74) is 29.0. The van der Waals surface area contributed by atoms with Gasteiger partial charge >= 0.3 is 15.1 Å². The molecule has 0 fully saturated rings.